The Hall–Kier alpha value is -2.48. The molecule has 2 heterocycles. The lowest BCUT2D eigenvalue weighted by atomic mass is 9.95. The molecule has 0 radical (unpaired) electrons. The van der Waals surface area contributed by atoms with Crippen LogP contribution in [0.4, 0.5) is 16.5 Å². The van der Waals surface area contributed by atoms with Crippen molar-refractivity contribution in [2.75, 3.05) is 23.3 Å². The summed E-state index contributed by atoms with van der Waals surface area (Å²) in [6.45, 7) is 1.27. The number of carbonyl (C=O) groups excluding carboxylic acids is 1. The number of nitro benzene ring substituents is 1. The summed E-state index contributed by atoms with van der Waals surface area (Å²) in [5, 5.41) is 14.9. The summed E-state index contributed by atoms with van der Waals surface area (Å²) in [5.74, 6) is -0.0626. The maximum atomic E-state index is 12.5. The Morgan fingerprint density at radius 1 is 1.27 bits per heavy atom. The molecule has 4 rings (SSSR count). The Kier molecular flexibility index (Phi) is 4.58. The summed E-state index contributed by atoms with van der Waals surface area (Å²) in [4.78, 5) is 31.2. The Balaban J connectivity index is 1.37. The van der Waals surface area contributed by atoms with Crippen molar-refractivity contribution in [1.82, 2.24) is 4.98 Å². The predicted octanol–water partition coefficient (Wildman–Crippen LogP) is 3.40. The molecule has 2 aromatic rings. The van der Waals surface area contributed by atoms with Gasteiger partial charge in [-0.3, -0.25) is 14.9 Å². The van der Waals surface area contributed by atoms with Crippen molar-refractivity contribution >= 4 is 33.8 Å². The third-order valence-electron chi connectivity index (χ3n) is 5.11. The van der Waals surface area contributed by atoms with Gasteiger partial charge in [0.05, 0.1) is 10.6 Å². The second kappa shape index (κ2) is 7.03. The molecule has 1 amide bonds. The zero-order valence-corrected chi connectivity index (χ0v) is 15.1. The summed E-state index contributed by atoms with van der Waals surface area (Å²) in [7, 11) is 0. The molecule has 1 aliphatic carbocycles. The molecule has 1 saturated heterocycles. The largest absolute Gasteiger partial charge is 0.366 e. The van der Waals surface area contributed by atoms with Gasteiger partial charge in [-0.05, 0) is 38.2 Å². The van der Waals surface area contributed by atoms with E-state index in [2.05, 4.69) is 10.3 Å². The van der Waals surface area contributed by atoms with Gasteiger partial charge in [0.15, 0.2) is 5.13 Å². The quantitative estimate of drug-likeness (QED) is 0.656. The minimum absolute atomic E-state index is 0.0136. The highest BCUT2D eigenvalue weighted by Crippen LogP contribution is 2.33. The van der Waals surface area contributed by atoms with E-state index in [0.29, 0.717) is 36.8 Å². The fourth-order valence-electron chi connectivity index (χ4n) is 3.72. The summed E-state index contributed by atoms with van der Waals surface area (Å²) in [6, 6.07) is 6.78. The van der Waals surface area contributed by atoms with Crippen molar-refractivity contribution in [3.05, 3.63) is 45.0 Å². The lowest BCUT2D eigenvalue weighted by molar-refractivity contribution is -0.384. The Morgan fingerprint density at radius 3 is 2.77 bits per heavy atom. The van der Waals surface area contributed by atoms with Gasteiger partial charge >= 0.3 is 0 Å². The zero-order chi connectivity index (χ0) is 18.1. The topological polar surface area (TPSA) is 88.4 Å². The Morgan fingerprint density at radius 2 is 2.04 bits per heavy atom. The number of hydrogen-bond acceptors (Lipinski definition) is 6. The number of amides is 1. The van der Waals surface area contributed by atoms with Gasteiger partial charge in [-0.2, -0.15) is 0 Å². The second-order valence-electron chi connectivity index (χ2n) is 6.74. The number of rotatable bonds is 4. The first-order chi connectivity index (χ1) is 12.6. The molecule has 1 aromatic heterocycles. The van der Waals surface area contributed by atoms with E-state index >= 15 is 0 Å². The van der Waals surface area contributed by atoms with Crippen LogP contribution in [-0.4, -0.2) is 28.9 Å². The van der Waals surface area contributed by atoms with Crippen molar-refractivity contribution in [2.24, 2.45) is 5.92 Å². The second-order valence-corrected chi connectivity index (χ2v) is 7.82. The summed E-state index contributed by atoms with van der Waals surface area (Å²) >= 11 is 1.59. The number of nitrogens with one attached hydrogen (secondary N) is 1. The molecule has 0 spiro atoms. The van der Waals surface area contributed by atoms with Crippen LogP contribution in [0, 0.1) is 16.0 Å². The zero-order valence-electron chi connectivity index (χ0n) is 14.3. The third kappa shape index (κ3) is 3.29. The molecule has 26 heavy (non-hydrogen) atoms. The van der Waals surface area contributed by atoms with Crippen LogP contribution in [0.25, 0.3) is 0 Å². The van der Waals surface area contributed by atoms with E-state index in [1.54, 1.807) is 23.5 Å². The molecule has 136 valence electrons. The number of carbonyl (C=O) groups is 1. The number of hydrogen-bond donors (Lipinski definition) is 1. The van der Waals surface area contributed by atoms with Crippen molar-refractivity contribution < 1.29 is 9.72 Å². The SMILES string of the molecule is O=C(Nc1nc2c(s1)CCC2)C1CCN(c2ccccc2[N+](=O)[O-])CC1. The average Bonchev–Trinajstić information content (AvgIpc) is 3.23. The number of benzene rings is 1. The van der Waals surface area contributed by atoms with E-state index in [4.69, 9.17) is 0 Å². The monoisotopic (exact) mass is 372 g/mol. The molecule has 1 N–H and O–H groups in total. The molecular weight excluding hydrogens is 352 g/mol. The van der Waals surface area contributed by atoms with E-state index in [0.717, 1.165) is 25.0 Å². The molecule has 1 aromatic carbocycles. The number of thiazole rings is 1. The number of piperidine rings is 1. The highest BCUT2D eigenvalue weighted by molar-refractivity contribution is 7.15. The highest BCUT2D eigenvalue weighted by Gasteiger charge is 2.29. The standard InChI is InChI=1S/C18H20N4O3S/c23-17(20-18-19-13-4-3-7-16(13)26-18)12-8-10-21(11-9-12)14-5-1-2-6-15(14)22(24)25/h1-2,5-6,12H,3-4,7-11H2,(H,19,20,23). The number of fused-ring (bicyclic) bond motifs is 1. The van der Waals surface area contributed by atoms with Gasteiger partial charge in [0.2, 0.25) is 5.91 Å². The molecule has 2 aliphatic rings. The fraction of sp³-hybridized carbons (Fsp3) is 0.444. The van der Waals surface area contributed by atoms with E-state index in [1.165, 1.54) is 10.9 Å². The molecule has 8 heteroatoms. The number of nitrogens with zero attached hydrogens (tertiary/aromatic N) is 3. The normalized spacial score (nSPS) is 17.2. The summed E-state index contributed by atoms with van der Waals surface area (Å²) in [6.07, 6.45) is 4.60. The molecule has 0 atom stereocenters. The van der Waals surface area contributed by atoms with Crippen LogP contribution in [-0.2, 0) is 17.6 Å². The van der Waals surface area contributed by atoms with Crippen LogP contribution < -0.4 is 10.2 Å². The number of nitro groups is 1. The molecule has 0 unspecified atom stereocenters. The van der Waals surface area contributed by atoms with Gasteiger partial charge in [-0.25, -0.2) is 4.98 Å². The Labute approximate surface area is 155 Å². The van der Waals surface area contributed by atoms with Crippen molar-refractivity contribution in [3.8, 4) is 0 Å². The van der Waals surface area contributed by atoms with Gasteiger partial charge in [-0.1, -0.05) is 12.1 Å². The number of para-hydroxylation sites is 2. The van der Waals surface area contributed by atoms with E-state index < -0.39 is 0 Å². The number of aryl methyl sites for hydroxylation is 2. The fourth-order valence-corrected chi connectivity index (χ4v) is 4.77. The van der Waals surface area contributed by atoms with Crippen molar-refractivity contribution in [1.29, 1.82) is 0 Å². The third-order valence-corrected chi connectivity index (χ3v) is 6.18. The molecule has 0 bridgehead atoms. The minimum Gasteiger partial charge on any atom is -0.366 e. The first-order valence-corrected chi connectivity index (χ1v) is 9.71. The summed E-state index contributed by atoms with van der Waals surface area (Å²) < 4.78 is 0. The van der Waals surface area contributed by atoms with Crippen molar-refractivity contribution in [2.45, 2.75) is 32.1 Å². The molecule has 1 fully saturated rings. The first-order valence-electron chi connectivity index (χ1n) is 8.89. The highest BCUT2D eigenvalue weighted by atomic mass is 32.1. The Bertz CT molecular complexity index is 821. The van der Waals surface area contributed by atoms with E-state index in [9.17, 15) is 14.9 Å². The van der Waals surface area contributed by atoms with Crippen LogP contribution in [0.15, 0.2) is 24.3 Å². The van der Waals surface area contributed by atoms with E-state index in [-0.39, 0.29) is 22.4 Å². The molecule has 0 saturated carbocycles. The first kappa shape index (κ1) is 17.0. The van der Waals surface area contributed by atoms with Gasteiger partial charge in [0.1, 0.15) is 5.69 Å². The van der Waals surface area contributed by atoms with Gasteiger partial charge in [0, 0.05) is 30.0 Å². The predicted molar refractivity (Wildman–Crippen MR) is 101 cm³/mol. The molecule has 1 aliphatic heterocycles. The lowest BCUT2D eigenvalue weighted by Gasteiger charge is -2.32. The molecular formula is C18H20N4O3S. The smallest absolute Gasteiger partial charge is 0.292 e. The van der Waals surface area contributed by atoms with Gasteiger partial charge in [0.25, 0.3) is 5.69 Å². The van der Waals surface area contributed by atoms with Crippen LogP contribution >= 0.6 is 11.3 Å². The molecule has 7 nitrogen and oxygen atoms in total. The van der Waals surface area contributed by atoms with Crippen LogP contribution in [0.1, 0.15) is 29.8 Å². The van der Waals surface area contributed by atoms with E-state index in [1.807, 2.05) is 11.0 Å². The van der Waals surface area contributed by atoms with Crippen LogP contribution in [0.2, 0.25) is 0 Å². The van der Waals surface area contributed by atoms with Gasteiger partial charge in [-0.15, -0.1) is 11.3 Å². The number of aromatic nitrogens is 1. The maximum absolute atomic E-state index is 12.5. The average molecular weight is 372 g/mol. The number of anilines is 2. The van der Waals surface area contributed by atoms with Crippen LogP contribution in [0.5, 0.6) is 0 Å². The van der Waals surface area contributed by atoms with Gasteiger partial charge < -0.3 is 10.2 Å². The lowest BCUT2D eigenvalue weighted by Crippen LogP contribution is -2.38. The maximum Gasteiger partial charge on any atom is 0.292 e. The van der Waals surface area contributed by atoms with Crippen LogP contribution in [0.3, 0.4) is 0 Å². The minimum atomic E-state index is -0.351. The van der Waals surface area contributed by atoms with Crippen molar-refractivity contribution in [3.63, 3.8) is 0 Å². The summed E-state index contributed by atoms with van der Waals surface area (Å²) in [5.41, 5.74) is 1.89.